The Kier molecular flexibility index (Phi) is 12.2. The zero-order valence-electron chi connectivity index (χ0n) is 31.5. The van der Waals surface area contributed by atoms with Gasteiger partial charge in [0.25, 0.3) is 5.91 Å². The molecule has 0 radical (unpaired) electrons. The van der Waals surface area contributed by atoms with Gasteiger partial charge >= 0.3 is 10.2 Å². The van der Waals surface area contributed by atoms with E-state index in [1.807, 2.05) is 19.1 Å². The highest BCUT2D eigenvalue weighted by molar-refractivity contribution is 7.87. The van der Waals surface area contributed by atoms with Crippen molar-refractivity contribution in [2.45, 2.75) is 77.7 Å². The zero-order chi connectivity index (χ0) is 37.0. The van der Waals surface area contributed by atoms with E-state index < -0.39 is 16.1 Å². The number of rotatable bonds is 7. The number of ether oxygens (including phenoxy) is 2. The first-order chi connectivity index (χ1) is 25.7. The number of nitrogens with one attached hydrogen (secondary N) is 1. The number of benzene rings is 2. The van der Waals surface area contributed by atoms with E-state index in [9.17, 15) is 18.0 Å². The number of carbonyl (C=O) groups excluding carboxylic acids is 2. The predicted molar refractivity (Wildman–Crippen MR) is 208 cm³/mol. The molecule has 1 unspecified atom stereocenters. The molecule has 10 nitrogen and oxygen atoms in total. The third kappa shape index (κ3) is 8.65. The van der Waals surface area contributed by atoms with Gasteiger partial charge in [-0.15, -0.1) is 0 Å². The Balaban J connectivity index is 1.19. The summed E-state index contributed by atoms with van der Waals surface area (Å²) in [5.41, 5.74) is 8.21. The smallest absolute Gasteiger partial charge is 0.304 e. The predicted octanol–water partition coefficient (Wildman–Crippen LogP) is 5.93. The van der Waals surface area contributed by atoms with E-state index in [0.29, 0.717) is 30.7 Å². The van der Waals surface area contributed by atoms with Gasteiger partial charge in [-0.3, -0.25) is 14.5 Å². The van der Waals surface area contributed by atoms with E-state index in [1.54, 1.807) is 6.07 Å². The van der Waals surface area contributed by atoms with E-state index in [-0.39, 0.29) is 24.9 Å². The SMILES string of the molecule is Cc1cc(C(=O)NS(=O)(=O)N2CCOCC2)ccc1/C(=C1/c2ccccc2/C=C(/C(=O)N2CCC(N3CCOCC3)CC2)CCC1C)C1CCCCC1. The molecule has 0 aromatic heterocycles. The Morgan fingerprint density at radius 3 is 2.19 bits per heavy atom. The minimum atomic E-state index is -3.97. The molecule has 4 fully saturated rings. The lowest BCUT2D eigenvalue weighted by molar-refractivity contribution is -0.129. The molecule has 2 aromatic rings. The maximum atomic E-state index is 14.1. The molecule has 0 bridgehead atoms. The fraction of sp³-hybridized carbons (Fsp3) is 0.571. The molecular formula is C42H56N4O6S. The van der Waals surface area contributed by atoms with Crippen LogP contribution in [0.2, 0.25) is 0 Å². The second-order valence-electron chi connectivity index (χ2n) is 15.5. The quantitative estimate of drug-likeness (QED) is 0.375. The number of fused-ring (bicyclic) bond motifs is 1. The van der Waals surface area contributed by atoms with Crippen LogP contribution in [0.3, 0.4) is 0 Å². The van der Waals surface area contributed by atoms with Crippen LogP contribution in [0.5, 0.6) is 0 Å². The molecule has 3 heterocycles. The van der Waals surface area contributed by atoms with Crippen LogP contribution in [0, 0.1) is 18.8 Å². The summed E-state index contributed by atoms with van der Waals surface area (Å²) < 4.78 is 40.4. The van der Waals surface area contributed by atoms with Crippen LogP contribution in [-0.4, -0.2) is 106 Å². The molecule has 1 atom stereocenters. The lowest BCUT2D eigenvalue weighted by Gasteiger charge is -2.40. The standard InChI is InChI=1S/C42H56N4O6S/c1-30-12-13-35(42(48)45-18-16-36(17-19-45)44-20-24-51-25-21-44)29-33-10-6-7-11-38(33)39(30)40(32-8-4-3-5-9-32)37-15-14-34(28-31(37)2)41(47)43-53(49,50)46-22-26-52-27-23-46/h6-7,10-11,14-15,28-30,32,36H,3-5,8-9,12-13,16-27H2,1-2H3,(H,43,47)/b35-29+,40-39+. The molecule has 7 rings (SSSR count). The molecule has 53 heavy (non-hydrogen) atoms. The number of morpholine rings is 2. The van der Waals surface area contributed by atoms with Crippen molar-refractivity contribution in [1.82, 2.24) is 18.8 Å². The molecular weight excluding hydrogens is 689 g/mol. The number of allylic oxidation sites excluding steroid dienone is 2. The van der Waals surface area contributed by atoms with Gasteiger partial charge in [-0.05, 0) is 109 Å². The van der Waals surface area contributed by atoms with Crippen LogP contribution in [0.25, 0.3) is 17.2 Å². The average Bonchev–Trinajstić information content (AvgIpc) is 3.19. The molecule has 0 spiro atoms. The highest BCUT2D eigenvalue weighted by atomic mass is 32.2. The minimum Gasteiger partial charge on any atom is -0.379 e. The Bertz CT molecular complexity index is 1810. The third-order valence-corrected chi connectivity index (χ3v) is 13.6. The monoisotopic (exact) mass is 744 g/mol. The summed E-state index contributed by atoms with van der Waals surface area (Å²) >= 11 is 0. The van der Waals surface area contributed by atoms with Gasteiger partial charge in [0.05, 0.1) is 26.4 Å². The number of likely N-dealkylation sites (tertiary alicyclic amines) is 1. The number of nitrogens with zero attached hydrogens (tertiary/aromatic N) is 3. The van der Waals surface area contributed by atoms with Gasteiger partial charge < -0.3 is 14.4 Å². The lowest BCUT2D eigenvalue weighted by atomic mass is 9.72. The van der Waals surface area contributed by atoms with Crippen molar-refractivity contribution in [1.29, 1.82) is 0 Å². The molecule has 3 aliphatic heterocycles. The van der Waals surface area contributed by atoms with E-state index in [1.165, 1.54) is 40.3 Å². The molecule has 2 amide bonds. The Hall–Kier alpha value is -3.35. The Labute approximate surface area is 315 Å². The van der Waals surface area contributed by atoms with Crippen molar-refractivity contribution in [2.24, 2.45) is 11.8 Å². The van der Waals surface area contributed by atoms with E-state index in [2.05, 4.69) is 51.8 Å². The first-order valence-corrected chi connectivity index (χ1v) is 21.3. The van der Waals surface area contributed by atoms with Gasteiger partial charge in [0.1, 0.15) is 0 Å². The van der Waals surface area contributed by atoms with Crippen molar-refractivity contribution >= 4 is 39.2 Å². The average molecular weight is 745 g/mol. The molecule has 286 valence electrons. The van der Waals surface area contributed by atoms with Gasteiger partial charge in [0, 0.05) is 56.4 Å². The summed E-state index contributed by atoms with van der Waals surface area (Å²) in [5.74, 6) is 0.104. The van der Waals surface area contributed by atoms with Gasteiger partial charge in [0.2, 0.25) is 5.91 Å². The normalized spacial score (nSPS) is 25.1. The molecule has 3 saturated heterocycles. The van der Waals surface area contributed by atoms with Crippen molar-refractivity contribution in [2.75, 3.05) is 65.7 Å². The fourth-order valence-corrected chi connectivity index (χ4v) is 10.3. The number of piperidine rings is 1. The van der Waals surface area contributed by atoms with Gasteiger partial charge in [-0.1, -0.05) is 56.5 Å². The summed E-state index contributed by atoms with van der Waals surface area (Å²) in [7, 11) is -3.97. The number of amides is 2. The Morgan fingerprint density at radius 2 is 1.49 bits per heavy atom. The van der Waals surface area contributed by atoms with Crippen LogP contribution >= 0.6 is 0 Å². The third-order valence-electron chi connectivity index (χ3n) is 12.1. The molecule has 5 aliphatic rings. The number of hydrogen-bond acceptors (Lipinski definition) is 7. The summed E-state index contributed by atoms with van der Waals surface area (Å²) in [6, 6.07) is 14.7. The first kappa shape index (κ1) is 37.9. The molecule has 1 N–H and O–H groups in total. The van der Waals surface area contributed by atoms with Crippen LogP contribution in [0.4, 0.5) is 0 Å². The maximum Gasteiger partial charge on any atom is 0.304 e. The molecule has 1 saturated carbocycles. The zero-order valence-corrected chi connectivity index (χ0v) is 32.3. The van der Waals surface area contributed by atoms with E-state index in [4.69, 9.17) is 9.47 Å². The van der Waals surface area contributed by atoms with Crippen molar-refractivity contribution in [3.63, 3.8) is 0 Å². The van der Waals surface area contributed by atoms with E-state index >= 15 is 0 Å². The highest BCUT2D eigenvalue weighted by Crippen LogP contribution is 2.46. The first-order valence-electron chi connectivity index (χ1n) is 19.9. The van der Waals surface area contributed by atoms with Crippen LogP contribution in [0.1, 0.15) is 97.3 Å². The minimum absolute atomic E-state index is 0.174. The van der Waals surface area contributed by atoms with E-state index in [0.717, 1.165) is 100 Å². The van der Waals surface area contributed by atoms with Crippen LogP contribution in [-0.2, 0) is 24.5 Å². The van der Waals surface area contributed by atoms with Crippen LogP contribution < -0.4 is 4.72 Å². The number of hydrogen-bond donors (Lipinski definition) is 1. The topological polar surface area (TPSA) is 108 Å². The maximum absolute atomic E-state index is 14.1. The van der Waals surface area contributed by atoms with Crippen molar-refractivity contribution < 1.29 is 27.5 Å². The fourth-order valence-electron chi connectivity index (χ4n) is 9.18. The largest absolute Gasteiger partial charge is 0.379 e. The summed E-state index contributed by atoms with van der Waals surface area (Å²) in [5, 5.41) is 0. The molecule has 11 heteroatoms. The highest BCUT2D eigenvalue weighted by Gasteiger charge is 2.33. The van der Waals surface area contributed by atoms with Crippen LogP contribution in [0.15, 0.2) is 48.0 Å². The number of carbonyl (C=O) groups is 2. The van der Waals surface area contributed by atoms with Crippen molar-refractivity contribution in [3.8, 4) is 0 Å². The molecule has 2 aromatic carbocycles. The van der Waals surface area contributed by atoms with Crippen molar-refractivity contribution in [3.05, 3.63) is 75.9 Å². The summed E-state index contributed by atoms with van der Waals surface area (Å²) in [4.78, 5) is 32.1. The Morgan fingerprint density at radius 1 is 0.811 bits per heavy atom. The summed E-state index contributed by atoms with van der Waals surface area (Å²) in [6.45, 7) is 10.5. The molecule has 2 aliphatic carbocycles. The van der Waals surface area contributed by atoms with Gasteiger partial charge in [-0.25, -0.2) is 4.72 Å². The second kappa shape index (κ2) is 17.0. The van der Waals surface area contributed by atoms with Gasteiger partial charge in [0.15, 0.2) is 0 Å². The van der Waals surface area contributed by atoms with Gasteiger partial charge in [-0.2, -0.15) is 12.7 Å². The lowest BCUT2D eigenvalue weighted by Crippen LogP contribution is -2.50. The summed E-state index contributed by atoms with van der Waals surface area (Å²) in [6.07, 6.45) is 11.6. The second-order valence-corrected chi connectivity index (χ2v) is 17.2. The number of aryl methyl sites for hydroxylation is 1.